The summed E-state index contributed by atoms with van der Waals surface area (Å²) in [5.41, 5.74) is 6.62. The van der Waals surface area contributed by atoms with E-state index in [1.165, 1.54) is 18.9 Å². The van der Waals surface area contributed by atoms with Crippen LogP contribution >= 0.6 is 0 Å². The molecule has 2 rings (SSSR count). The Labute approximate surface area is 102 Å². The summed E-state index contributed by atoms with van der Waals surface area (Å²) in [5.74, 6) is -0.286. The van der Waals surface area contributed by atoms with Gasteiger partial charge < -0.3 is 11.1 Å². The van der Waals surface area contributed by atoms with Gasteiger partial charge in [-0.25, -0.2) is 4.39 Å². The van der Waals surface area contributed by atoms with Gasteiger partial charge in [-0.05, 0) is 38.9 Å². The van der Waals surface area contributed by atoms with Crippen LogP contribution in [0.1, 0.15) is 19.8 Å². The van der Waals surface area contributed by atoms with E-state index >= 15 is 0 Å². The van der Waals surface area contributed by atoms with Crippen LogP contribution in [0.25, 0.3) is 0 Å². The maximum atomic E-state index is 13.5. The smallest absolute Gasteiger partial charge is 0.148 e. The van der Waals surface area contributed by atoms with Crippen LogP contribution in [0.15, 0.2) is 18.2 Å². The maximum absolute atomic E-state index is 13.5. The Kier molecular flexibility index (Phi) is 3.52. The number of nitrogen functional groups attached to an aromatic ring is 1. The van der Waals surface area contributed by atoms with E-state index in [-0.39, 0.29) is 5.82 Å². The third-order valence-corrected chi connectivity index (χ3v) is 3.44. The minimum atomic E-state index is -0.286. The van der Waals surface area contributed by atoms with E-state index in [9.17, 15) is 4.39 Å². The molecule has 1 aliphatic carbocycles. The molecule has 17 heavy (non-hydrogen) atoms. The lowest BCUT2D eigenvalue weighted by atomic mass is 10.2. The third kappa shape index (κ3) is 2.88. The van der Waals surface area contributed by atoms with Crippen LogP contribution < -0.4 is 11.1 Å². The van der Waals surface area contributed by atoms with Crippen LogP contribution in [0.5, 0.6) is 0 Å². The van der Waals surface area contributed by atoms with Crippen molar-refractivity contribution in [1.29, 1.82) is 0 Å². The van der Waals surface area contributed by atoms with Crippen LogP contribution in [0.3, 0.4) is 0 Å². The van der Waals surface area contributed by atoms with Crippen molar-refractivity contribution in [2.45, 2.75) is 31.8 Å². The summed E-state index contributed by atoms with van der Waals surface area (Å²) in [6.07, 6.45) is 2.56. The molecular weight excluding hydrogens is 217 g/mol. The van der Waals surface area contributed by atoms with Crippen LogP contribution in [-0.2, 0) is 0 Å². The number of likely N-dealkylation sites (N-methyl/N-ethyl adjacent to an activating group) is 1. The lowest BCUT2D eigenvalue weighted by Gasteiger charge is -2.25. The van der Waals surface area contributed by atoms with Crippen LogP contribution in [0, 0.1) is 5.82 Å². The minimum Gasteiger partial charge on any atom is -0.397 e. The molecule has 1 atom stereocenters. The predicted molar refractivity (Wildman–Crippen MR) is 69.5 cm³/mol. The Bertz CT molecular complexity index is 370. The summed E-state index contributed by atoms with van der Waals surface area (Å²) < 4.78 is 13.5. The van der Waals surface area contributed by atoms with Crippen molar-refractivity contribution in [3.63, 3.8) is 0 Å². The van der Waals surface area contributed by atoms with Crippen molar-refractivity contribution in [2.75, 3.05) is 24.6 Å². The number of nitrogens with two attached hydrogens (primary N) is 1. The van der Waals surface area contributed by atoms with Gasteiger partial charge in [-0.15, -0.1) is 0 Å². The molecule has 1 aromatic rings. The number of halogens is 1. The monoisotopic (exact) mass is 237 g/mol. The summed E-state index contributed by atoms with van der Waals surface area (Å²) in [7, 11) is 2.12. The lowest BCUT2D eigenvalue weighted by Crippen LogP contribution is -2.36. The molecule has 1 unspecified atom stereocenters. The zero-order chi connectivity index (χ0) is 12.4. The molecule has 3 N–H and O–H groups in total. The fourth-order valence-electron chi connectivity index (χ4n) is 1.96. The SMILES string of the molecule is CC(CNc1c(N)cccc1F)N(C)C1CC1. The van der Waals surface area contributed by atoms with Gasteiger partial charge in [0.1, 0.15) is 5.82 Å². The molecule has 1 fully saturated rings. The van der Waals surface area contributed by atoms with Gasteiger partial charge in [-0.1, -0.05) is 6.07 Å². The Balaban J connectivity index is 1.92. The van der Waals surface area contributed by atoms with E-state index in [0.29, 0.717) is 30.0 Å². The highest BCUT2D eigenvalue weighted by atomic mass is 19.1. The molecule has 94 valence electrons. The molecular formula is C13H20FN3. The number of benzene rings is 1. The summed E-state index contributed by atoms with van der Waals surface area (Å²) in [4.78, 5) is 2.34. The highest BCUT2D eigenvalue weighted by Crippen LogP contribution is 2.27. The van der Waals surface area contributed by atoms with E-state index in [0.717, 1.165) is 0 Å². The molecule has 0 aliphatic heterocycles. The number of nitrogens with one attached hydrogen (secondary N) is 1. The van der Waals surface area contributed by atoms with Gasteiger partial charge in [-0.3, -0.25) is 4.90 Å². The molecule has 1 aliphatic rings. The normalized spacial score (nSPS) is 17.2. The number of hydrogen-bond acceptors (Lipinski definition) is 3. The molecule has 0 amide bonds. The van der Waals surface area contributed by atoms with Gasteiger partial charge in [0.25, 0.3) is 0 Å². The molecule has 0 aromatic heterocycles. The average molecular weight is 237 g/mol. The van der Waals surface area contributed by atoms with E-state index < -0.39 is 0 Å². The molecule has 1 aromatic carbocycles. The Morgan fingerprint density at radius 2 is 2.24 bits per heavy atom. The van der Waals surface area contributed by atoms with Gasteiger partial charge in [0, 0.05) is 18.6 Å². The van der Waals surface area contributed by atoms with Crippen molar-refractivity contribution in [1.82, 2.24) is 4.90 Å². The number of anilines is 2. The molecule has 0 saturated heterocycles. The molecule has 3 nitrogen and oxygen atoms in total. The first-order valence-electron chi connectivity index (χ1n) is 6.09. The van der Waals surface area contributed by atoms with Gasteiger partial charge in [0.15, 0.2) is 0 Å². The number of hydrogen-bond donors (Lipinski definition) is 2. The van der Waals surface area contributed by atoms with E-state index in [2.05, 4.69) is 24.2 Å². The summed E-state index contributed by atoms with van der Waals surface area (Å²) in [6, 6.07) is 5.84. The van der Waals surface area contributed by atoms with Crippen molar-refractivity contribution in [3.05, 3.63) is 24.0 Å². The fourth-order valence-corrected chi connectivity index (χ4v) is 1.96. The van der Waals surface area contributed by atoms with Crippen LogP contribution in [-0.4, -0.2) is 30.6 Å². The predicted octanol–water partition coefficient (Wildman–Crippen LogP) is 2.30. The average Bonchev–Trinajstić information content (AvgIpc) is 3.11. The number of rotatable bonds is 5. The summed E-state index contributed by atoms with van der Waals surface area (Å²) in [5, 5.41) is 3.10. The lowest BCUT2D eigenvalue weighted by molar-refractivity contribution is 0.257. The first-order chi connectivity index (χ1) is 8.09. The van der Waals surface area contributed by atoms with Crippen molar-refractivity contribution in [2.24, 2.45) is 0 Å². The quantitative estimate of drug-likeness (QED) is 0.772. The van der Waals surface area contributed by atoms with Gasteiger partial charge in [-0.2, -0.15) is 0 Å². The van der Waals surface area contributed by atoms with Crippen molar-refractivity contribution in [3.8, 4) is 0 Å². The first-order valence-corrected chi connectivity index (χ1v) is 6.09. The Morgan fingerprint density at radius 1 is 1.53 bits per heavy atom. The topological polar surface area (TPSA) is 41.3 Å². The summed E-state index contributed by atoms with van der Waals surface area (Å²) in [6.45, 7) is 2.85. The van der Waals surface area contributed by atoms with Crippen molar-refractivity contribution >= 4 is 11.4 Å². The zero-order valence-electron chi connectivity index (χ0n) is 10.4. The number of nitrogens with zero attached hydrogens (tertiary/aromatic N) is 1. The second-order valence-electron chi connectivity index (χ2n) is 4.83. The number of para-hydroxylation sites is 1. The molecule has 0 radical (unpaired) electrons. The van der Waals surface area contributed by atoms with E-state index in [1.807, 2.05) is 0 Å². The maximum Gasteiger partial charge on any atom is 0.148 e. The van der Waals surface area contributed by atoms with Gasteiger partial charge in [0.05, 0.1) is 11.4 Å². The summed E-state index contributed by atoms with van der Waals surface area (Å²) >= 11 is 0. The molecule has 0 bridgehead atoms. The molecule has 1 saturated carbocycles. The van der Waals surface area contributed by atoms with Crippen molar-refractivity contribution < 1.29 is 4.39 Å². The Hall–Kier alpha value is -1.29. The van der Waals surface area contributed by atoms with E-state index in [4.69, 9.17) is 5.73 Å². The van der Waals surface area contributed by atoms with Gasteiger partial charge in [0.2, 0.25) is 0 Å². The van der Waals surface area contributed by atoms with Gasteiger partial charge >= 0.3 is 0 Å². The largest absolute Gasteiger partial charge is 0.397 e. The van der Waals surface area contributed by atoms with Crippen LogP contribution in [0.4, 0.5) is 15.8 Å². The molecule has 0 heterocycles. The fraction of sp³-hybridized carbons (Fsp3) is 0.538. The zero-order valence-corrected chi connectivity index (χ0v) is 10.4. The highest BCUT2D eigenvalue weighted by Gasteiger charge is 2.28. The van der Waals surface area contributed by atoms with E-state index in [1.54, 1.807) is 12.1 Å². The molecule has 0 spiro atoms. The first kappa shape index (κ1) is 12.2. The highest BCUT2D eigenvalue weighted by molar-refractivity contribution is 5.66. The minimum absolute atomic E-state index is 0.286. The third-order valence-electron chi connectivity index (χ3n) is 3.44. The second kappa shape index (κ2) is 4.92. The molecule has 4 heteroatoms. The second-order valence-corrected chi connectivity index (χ2v) is 4.83. The Morgan fingerprint density at radius 3 is 2.82 bits per heavy atom. The van der Waals surface area contributed by atoms with Crippen LogP contribution in [0.2, 0.25) is 0 Å². The standard InChI is InChI=1S/C13H20FN3/c1-9(17(2)10-6-7-10)8-16-13-11(14)4-3-5-12(13)15/h3-5,9-10,16H,6-8,15H2,1-2H3.